The van der Waals surface area contributed by atoms with Crippen molar-refractivity contribution in [2.75, 3.05) is 13.1 Å². The first kappa shape index (κ1) is 12.4. The standard InChI is InChI=1S/C13H17ClN2O/c1-2-11-8-10(9-12(14)15-11)13(17)16-6-4-3-5-7-16/h8-9H,2-7H2,1H3. The number of pyridine rings is 1. The average molecular weight is 253 g/mol. The van der Waals surface area contributed by atoms with E-state index in [1.807, 2.05) is 17.9 Å². The lowest BCUT2D eigenvalue weighted by Gasteiger charge is -2.26. The molecule has 0 spiro atoms. The van der Waals surface area contributed by atoms with Gasteiger partial charge in [-0.3, -0.25) is 4.79 Å². The predicted octanol–water partition coefficient (Wildman–Crippen LogP) is 2.92. The summed E-state index contributed by atoms with van der Waals surface area (Å²) in [7, 11) is 0. The van der Waals surface area contributed by atoms with Crippen molar-refractivity contribution in [3.05, 3.63) is 28.5 Å². The van der Waals surface area contributed by atoms with Crippen molar-refractivity contribution < 1.29 is 4.79 Å². The number of piperidine rings is 1. The number of likely N-dealkylation sites (tertiary alicyclic amines) is 1. The molecule has 1 saturated heterocycles. The third-order valence-corrected chi connectivity index (χ3v) is 3.29. The van der Waals surface area contributed by atoms with E-state index < -0.39 is 0 Å². The molecule has 2 rings (SSSR count). The molecule has 1 aromatic rings. The van der Waals surface area contributed by atoms with E-state index in [-0.39, 0.29) is 5.91 Å². The molecule has 0 N–H and O–H groups in total. The van der Waals surface area contributed by atoms with Crippen molar-refractivity contribution in [3.8, 4) is 0 Å². The van der Waals surface area contributed by atoms with Crippen LogP contribution in [-0.4, -0.2) is 28.9 Å². The number of rotatable bonds is 2. The Bertz CT molecular complexity index is 414. The lowest BCUT2D eigenvalue weighted by molar-refractivity contribution is 0.0724. The van der Waals surface area contributed by atoms with Crippen molar-refractivity contribution in [3.63, 3.8) is 0 Å². The van der Waals surface area contributed by atoms with Crippen LogP contribution in [0.2, 0.25) is 5.15 Å². The first-order valence-corrected chi connectivity index (χ1v) is 6.54. The number of aromatic nitrogens is 1. The zero-order chi connectivity index (χ0) is 12.3. The Morgan fingerprint density at radius 3 is 2.71 bits per heavy atom. The zero-order valence-corrected chi connectivity index (χ0v) is 10.8. The van der Waals surface area contributed by atoms with Gasteiger partial charge in [0.25, 0.3) is 5.91 Å². The van der Waals surface area contributed by atoms with Gasteiger partial charge in [-0.1, -0.05) is 18.5 Å². The monoisotopic (exact) mass is 252 g/mol. The number of amides is 1. The Labute approximate surface area is 107 Å². The summed E-state index contributed by atoms with van der Waals surface area (Å²) in [4.78, 5) is 18.3. The van der Waals surface area contributed by atoms with Gasteiger partial charge in [0.05, 0.1) is 0 Å². The second-order valence-electron chi connectivity index (χ2n) is 4.38. The normalized spacial score (nSPS) is 16.0. The van der Waals surface area contributed by atoms with E-state index in [2.05, 4.69) is 4.98 Å². The minimum absolute atomic E-state index is 0.0868. The van der Waals surface area contributed by atoms with E-state index in [1.54, 1.807) is 6.07 Å². The van der Waals surface area contributed by atoms with Crippen molar-refractivity contribution in [2.24, 2.45) is 0 Å². The molecule has 1 amide bonds. The van der Waals surface area contributed by atoms with Crippen LogP contribution in [0.25, 0.3) is 0 Å². The van der Waals surface area contributed by atoms with Crippen molar-refractivity contribution in [1.29, 1.82) is 0 Å². The van der Waals surface area contributed by atoms with E-state index in [9.17, 15) is 4.79 Å². The van der Waals surface area contributed by atoms with Crippen LogP contribution in [0, 0.1) is 0 Å². The van der Waals surface area contributed by atoms with Gasteiger partial charge in [0, 0.05) is 24.3 Å². The Morgan fingerprint density at radius 2 is 2.06 bits per heavy atom. The summed E-state index contributed by atoms with van der Waals surface area (Å²) in [6.45, 7) is 3.73. The molecule has 3 nitrogen and oxygen atoms in total. The molecule has 17 heavy (non-hydrogen) atoms. The summed E-state index contributed by atoms with van der Waals surface area (Å²) in [5.41, 5.74) is 1.54. The fourth-order valence-corrected chi connectivity index (χ4v) is 2.36. The van der Waals surface area contributed by atoms with Gasteiger partial charge >= 0.3 is 0 Å². The quantitative estimate of drug-likeness (QED) is 0.759. The molecule has 1 aliphatic rings. The fraction of sp³-hybridized carbons (Fsp3) is 0.538. The Kier molecular flexibility index (Phi) is 4.00. The molecule has 0 bridgehead atoms. The summed E-state index contributed by atoms with van der Waals surface area (Å²) in [5.74, 6) is 0.0868. The maximum absolute atomic E-state index is 12.3. The van der Waals surface area contributed by atoms with E-state index >= 15 is 0 Å². The molecule has 92 valence electrons. The number of carbonyl (C=O) groups is 1. The van der Waals surface area contributed by atoms with Crippen molar-refractivity contribution in [2.45, 2.75) is 32.6 Å². The highest BCUT2D eigenvalue weighted by molar-refractivity contribution is 6.29. The van der Waals surface area contributed by atoms with Crippen molar-refractivity contribution >= 4 is 17.5 Å². The molecule has 0 saturated carbocycles. The summed E-state index contributed by atoms with van der Waals surface area (Å²) in [5, 5.41) is 0.407. The number of aryl methyl sites for hydroxylation is 1. The van der Waals surface area contributed by atoms with E-state index in [0.29, 0.717) is 10.7 Å². The molecule has 1 aliphatic heterocycles. The van der Waals surface area contributed by atoms with E-state index in [4.69, 9.17) is 11.6 Å². The highest BCUT2D eigenvalue weighted by Gasteiger charge is 2.18. The summed E-state index contributed by atoms with van der Waals surface area (Å²) >= 11 is 5.93. The third kappa shape index (κ3) is 2.97. The molecule has 0 atom stereocenters. The zero-order valence-electron chi connectivity index (χ0n) is 10.1. The largest absolute Gasteiger partial charge is 0.339 e. The first-order valence-electron chi connectivity index (χ1n) is 6.16. The SMILES string of the molecule is CCc1cc(C(=O)N2CCCCC2)cc(Cl)n1. The number of nitrogens with zero attached hydrogens (tertiary/aromatic N) is 2. The lowest BCUT2D eigenvalue weighted by Crippen LogP contribution is -2.35. The number of halogens is 1. The highest BCUT2D eigenvalue weighted by Crippen LogP contribution is 2.16. The van der Waals surface area contributed by atoms with Crippen molar-refractivity contribution in [1.82, 2.24) is 9.88 Å². The maximum atomic E-state index is 12.3. The second-order valence-corrected chi connectivity index (χ2v) is 4.76. The Balaban J connectivity index is 2.20. The number of hydrogen-bond donors (Lipinski definition) is 0. The number of carbonyl (C=O) groups excluding carboxylic acids is 1. The smallest absolute Gasteiger partial charge is 0.254 e. The van der Waals surface area contributed by atoms with E-state index in [0.717, 1.165) is 38.0 Å². The topological polar surface area (TPSA) is 33.2 Å². The molecule has 4 heteroatoms. The van der Waals surface area contributed by atoms with Crippen LogP contribution < -0.4 is 0 Å². The van der Waals surface area contributed by atoms with Crippen LogP contribution in [0.3, 0.4) is 0 Å². The van der Waals surface area contributed by atoms with Crippen LogP contribution in [-0.2, 0) is 6.42 Å². The maximum Gasteiger partial charge on any atom is 0.254 e. The molecule has 1 aromatic heterocycles. The van der Waals surface area contributed by atoms with E-state index in [1.165, 1.54) is 6.42 Å². The van der Waals surface area contributed by atoms with Gasteiger partial charge in [0.2, 0.25) is 0 Å². The molecule has 1 fully saturated rings. The van der Waals surface area contributed by atoms with Gasteiger partial charge < -0.3 is 4.90 Å². The van der Waals surface area contributed by atoms with Gasteiger partial charge in [0.1, 0.15) is 5.15 Å². The van der Waals surface area contributed by atoms with Gasteiger partial charge in [-0.05, 0) is 37.8 Å². The third-order valence-electron chi connectivity index (χ3n) is 3.10. The predicted molar refractivity (Wildman–Crippen MR) is 68.4 cm³/mol. The molecule has 2 heterocycles. The van der Waals surface area contributed by atoms with Gasteiger partial charge in [-0.15, -0.1) is 0 Å². The Morgan fingerprint density at radius 1 is 1.35 bits per heavy atom. The summed E-state index contributed by atoms with van der Waals surface area (Å²) < 4.78 is 0. The average Bonchev–Trinajstić information content (AvgIpc) is 2.38. The minimum Gasteiger partial charge on any atom is -0.339 e. The second kappa shape index (κ2) is 5.50. The fourth-order valence-electron chi connectivity index (χ4n) is 2.14. The minimum atomic E-state index is 0.0868. The molecular weight excluding hydrogens is 236 g/mol. The molecule has 0 aliphatic carbocycles. The van der Waals surface area contributed by atoms with Crippen LogP contribution in [0.15, 0.2) is 12.1 Å². The lowest BCUT2D eigenvalue weighted by atomic mass is 10.1. The van der Waals surface area contributed by atoms with Gasteiger partial charge in [-0.2, -0.15) is 0 Å². The van der Waals surface area contributed by atoms with Crippen LogP contribution in [0.5, 0.6) is 0 Å². The van der Waals surface area contributed by atoms with Crippen LogP contribution in [0.1, 0.15) is 42.2 Å². The first-order chi connectivity index (χ1) is 8.20. The molecule has 0 unspecified atom stereocenters. The van der Waals surface area contributed by atoms with Gasteiger partial charge in [0.15, 0.2) is 0 Å². The summed E-state index contributed by atoms with van der Waals surface area (Å²) in [6, 6.07) is 3.51. The highest BCUT2D eigenvalue weighted by atomic mass is 35.5. The van der Waals surface area contributed by atoms with Gasteiger partial charge in [-0.25, -0.2) is 4.98 Å². The molecule has 0 radical (unpaired) electrons. The van der Waals surface area contributed by atoms with Crippen LogP contribution in [0.4, 0.5) is 0 Å². The molecular formula is C13H17ClN2O. The summed E-state index contributed by atoms with van der Waals surface area (Å²) in [6.07, 6.45) is 4.22. The number of hydrogen-bond acceptors (Lipinski definition) is 2. The molecule has 0 aromatic carbocycles. The van der Waals surface area contributed by atoms with Crippen LogP contribution >= 0.6 is 11.6 Å². The Hall–Kier alpha value is -1.09.